The van der Waals surface area contributed by atoms with Crippen LogP contribution in [0.5, 0.6) is 0 Å². The van der Waals surface area contributed by atoms with E-state index >= 15 is 0 Å². The van der Waals surface area contributed by atoms with Crippen molar-refractivity contribution < 1.29 is 8.78 Å². The molecule has 2 aromatic carbocycles. The Hall–Kier alpha value is -1.85. The second-order valence-electron chi connectivity index (χ2n) is 4.39. The van der Waals surface area contributed by atoms with Gasteiger partial charge in [-0.15, -0.1) is 0 Å². The molecule has 0 aliphatic carbocycles. The predicted octanol–water partition coefficient (Wildman–Crippen LogP) is 4.90. The molecule has 6 heteroatoms. The lowest BCUT2D eigenvalue weighted by molar-refractivity contribution is 0.542. The Kier molecular flexibility index (Phi) is 3.69. The van der Waals surface area contributed by atoms with E-state index < -0.39 is 11.6 Å². The van der Waals surface area contributed by atoms with Crippen LogP contribution in [0.2, 0.25) is 5.02 Å². The van der Waals surface area contributed by atoms with E-state index in [2.05, 4.69) is 4.98 Å². The average molecular weight is 323 g/mol. The summed E-state index contributed by atoms with van der Waals surface area (Å²) >= 11 is 6.91. The molecule has 0 amide bonds. The van der Waals surface area contributed by atoms with E-state index in [0.29, 0.717) is 15.4 Å². The fourth-order valence-electron chi connectivity index (χ4n) is 1.97. The largest absolute Gasteiger partial charge is 0.399 e. The summed E-state index contributed by atoms with van der Waals surface area (Å²) in [5.41, 5.74) is 6.14. The van der Waals surface area contributed by atoms with Gasteiger partial charge in [0, 0.05) is 27.2 Å². The highest BCUT2D eigenvalue weighted by atomic mass is 35.5. The Balaban J connectivity index is 2.11. The molecule has 0 aliphatic rings. The number of anilines is 1. The fraction of sp³-hybridized carbons (Fsp3) is 0. The normalized spacial score (nSPS) is 11.0. The van der Waals surface area contributed by atoms with E-state index in [1.165, 1.54) is 0 Å². The third-order valence-electron chi connectivity index (χ3n) is 2.90. The first kappa shape index (κ1) is 14.1. The SMILES string of the molecule is Nc1cc(F)c(Sc2ccnc3cc(Cl)ccc23)c(F)c1. The van der Waals surface area contributed by atoms with E-state index in [0.717, 1.165) is 29.3 Å². The first-order chi connectivity index (χ1) is 10.0. The number of rotatable bonds is 2. The fourth-order valence-corrected chi connectivity index (χ4v) is 3.08. The molecular weight excluding hydrogens is 314 g/mol. The molecule has 0 aliphatic heterocycles. The summed E-state index contributed by atoms with van der Waals surface area (Å²) in [6.45, 7) is 0. The highest BCUT2D eigenvalue weighted by molar-refractivity contribution is 7.99. The molecule has 3 rings (SSSR count). The van der Waals surface area contributed by atoms with Gasteiger partial charge in [-0.25, -0.2) is 8.78 Å². The molecule has 2 nitrogen and oxygen atoms in total. The lowest BCUT2D eigenvalue weighted by atomic mass is 10.2. The van der Waals surface area contributed by atoms with E-state index in [4.69, 9.17) is 17.3 Å². The van der Waals surface area contributed by atoms with Gasteiger partial charge in [-0.1, -0.05) is 29.4 Å². The second kappa shape index (κ2) is 5.50. The minimum absolute atomic E-state index is 0.0562. The standard InChI is InChI=1S/C15H9ClF2N2S/c16-8-1-2-10-13(5-8)20-4-3-14(10)21-15-11(17)6-9(19)7-12(15)18/h1-7H,19H2. The van der Waals surface area contributed by atoms with Crippen molar-refractivity contribution in [3.63, 3.8) is 0 Å². The van der Waals surface area contributed by atoms with Gasteiger partial charge in [-0.3, -0.25) is 4.98 Å². The van der Waals surface area contributed by atoms with Crippen molar-refractivity contribution in [2.75, 3.05) is 5.73 Å². The monoisotopic (exact) mass is 322 g/mol. The van der Waals surface area contributed by atoms with Crippen molar-refractivity contribution in [3.8, 4) is 0 Å². The molecule has 0 saturated carbocycles. The summed E-state index contributed by atoms with van der Waals surface area (Å²) in [4.78, 5) is 4.80. The third kappa shape index (κ3) is 2.80. The van der Waals surface area contributed by atoms with Crippen molar-refractivity contribution >= 4 is 40.0 Å². The molecule has 0 fully saturated rings. The van der Waals surface area contributed by atoms with Gasteiger partial charge in [0.2, 0.25) is 0 Å². The Morgan fingerprint density at radius 2 is 1.76 bits per heavy atom. The summed E-state index contributed by atoms with van der Waals surface area (Å²) in [6, 6.07) is 9.11. The van der Waals surface area contributed by atoms with E-state index in [1.807, 2.05) is 0 Å². The van der Waals surface area contributed by atoms with E-state index in [9.17, 15) is 8.78 Å². The number of pyridine rings is 1. The van der Waals surface area contributed by atoms with E-state index in [1.54, 1.807) is 30.5 Å². The first-order valence-corrected chi connectivity index (χ1v) is 7.20. The van der Waals surface area contributed by atoms with Crippen molar-refractivity contribution in [1.29, 1.82) is 0 Å². The van der Waals surface area contributed by atoms with Crippen LogP contribution < -0.4 is 5.73 Å². The molecule has 1 heterocycles. The highest BCUT2D eigenvalue weighted by Gasteiger charge is 2.14. The number of hydrogen-bond donors (Lipinski definition) is 1. The first-order valence-electron chi connectivity index (χ1n) is 6.01. The number of fused-ring (bicyclic) bond motifs is 1. The van der Waals surface area contributed by atoms with Crippen LogP contribution in [0.25, 0.3) is 10.9 Å². The van der Waals surface area contributed by atoms with Gasteiger partial charge >= 0.3 is 0 Å². The van der Waals surface area contributed by atoms with Gasteiger partial charge in [0.05, 0.1) is 10.4 Å². The number of aromatic nitrogens is 1. The number of nitrogens with two attached hydrogens (primary N) is 1. The third-order valence-corrected chi connectivity index (χ3v) is 4.30. The van der Waals surface area contributed by atoms with Crippen molar-refractivity contribution in [2.24, 2.45) is 0 Å². The Labute approximate surface area is 128 Å². The van der Waals surface area contributed by atoms with Gasteiger partial charge in [-0.2, -0.15) is 0 Å². The predicted molar refractivity (Wildman–Crippen MR) is 81.6 cm³/mol. The number of nitrogens with zero attached hydrogens (tertiary/aromatic N) is 1. The molecule has 0 unspecified atom stereocenters. The summed E-state index contributed by atoms with van der Waals surface area (Å²) in [7, 11) is 0. The summed E-state index contributed by atoms with van der Waals surface area (Å²) in [6.07, 6.45) is 1.58. The van der Waals surface area contributed by atoms with Gasteiger partial charge in [0.15, 0.2) is 0 Å². The topological polar surface area (TPSA) is 38.9 Å². The Morgan fingerprint density at radius 1 is 1.05 bits per heavy atom. The summed E-state index contributed by atoms with van der Waals surface area (Å²) in [5, 5.41) is 1.34. The molecule has 0 bridgehead atoms. The lowest BCUT2D eigenvalue weighted by Gasteiger charge is -2.08. The van der Waals surface area contributed by atoms with Crippen LogP contribution in [0.15, 0.2) is 52.4 Å². The molecule has 0 spiro atoms. The molecule has 0 atom stereocenters. The van der Waals surface area contributed by atoms with Crippen molar-refractivity contribution in [3.05, 3.63) is 59.3 Å². The molecule has 2 N–H and O–H groups in total. The summed E-state index contributed by atoms with van der Waals surface area (Å²) in [5.74, 6) is -1.37. The maximum atomic E-state index is 13.9. The molecule has 21 heavy (non-hydrogen) atoms. The molecule has 0 radical (unpaired) electrons. The Bertz CT molecular complexity index is 816. The summed E-state index contributed by atoms with van der Waals surface area (Å²) < 4.78 is 27.8. The zero-order chi connectivity index (χ0) is 15.0. The maximum absolute atomic E-state index is 13.9. The number of halogens is 3. The number of hydrogen-bond acceptors (Lipinski definition) is 3. The van der Waals surface area contributed by atoms with Crippen LogP contribution in [0.4, 0.5) is 14.5 Å². The van der Waals surface area contributed by atoms with Crippen molar-refractivity contribution in [2.45, 2.75) is 9.79 Å². The number of nitrogen functional groups attached to an aromatic ring is 1. The minimum atomic E-state index is -0.684. The van der Waals surface area contributed by atoms with Crippen molar-refractivity contribution in [1.82, 2.24) is 4.98 Å². The van der Waals surface area contributed by atoms with Gasteiger partial charge in [0.25, 0.3) is 0 Å². The molecule has 3 aromatic rings. The van der Waals surface area contributed by atoms with Crippen LogP contribution >= 0.6 is 23.4 Å². The minimum Gasteiger partial charge on any atom is -0.399 e. The zero-order valence-electron chi connectivity index (χ0n) is 10.6. The maximum Gasteiger partial charge on any atom is 0.142 e. The van der Waals surface area contributed by atoms with Gasteiger partial charge < -0.3 is 5.73 Å². The lowest BCUT2D eigenvalue weighted by Crippen LogP contribution is -1.93. The van der Waals surface area contributed by atoms with Crippen LogP contribution in [-0.4, -0.2) is 4.98 Å². The van der Waals surface area contributed by atoms with Crippen LogP contribution in [-0.2, 0) is 0 Å². The number of benzene rings is 2. The van der Waals surface area contributed by atoms with Crippen LogP contribution in [0.1, 0.15) is 0 Å². The van der Waals surface area contributed by atoms with Gasteiger partial charge in [0.1, 0.15) is 11.6 Å². The average Bonchev–Trinajstić information content (AvgIpc) is 2.42. The molecule has 1 aromatic heterocycles. The molecule has 106 valence electrons. The van der Waals surface area contributed by atoms with Crippen LogP contribution in [0, 0.1) is 11.6 Å². The highest BCUT2D eigenvalue weighted by Crippen LogP contribution is 2.37. The molecular formula is C15H9ClF2N2S. The van der Waals surface area contributed by atoms with Gasteiger partial charge in [-0.05, 0) is 30.3 Å². The zero-order valence-corrected chi connectivity index (χ0v) is 12.2. The van der Waals surface area contributed by atoms with Crippen LogP contribution in [0.3, 0.4) is 0 Å². The second-order valence-corrected chi connectivity index (χ2v) is 5.87. The Morgan fingerprint density at radius 3 is 2.48 bits per heavy atom. The smallest absolute Gasteiger partial charge is 0.142 e. The van der Waals surface area contributed by atoms with E-state index in [-0.39, 0.29) is 10.6 Å². The molecule has 0 saturated heterocycles. The quantitative estimate of drug-likeness (QED) is 0.682.